The van der Waals surface area contributed by atoms with Gasteiger partial charge in [0.25, 0.3) is 5.91 Å². The van der Waals surface area contributed by atoms with Crippen molar-refractivity contribution in [1.82, 2.24) is 10.3 Å². The molecule has 0 aliphatic carbocycles. The van der Waals surface area contributed by atoms with Crippen LogP contribution >= 0.6 is 11.8 Å². The van der Waals surface area contributed by atoms with E-state index in [-0.39, 0.29) is 18.3 Å². The van der Waals surface area contributed by atoms with Crippen LogP contribution in [-0.2, 0) is 20.7 Å². The predicted molar refractivity (Wildman–Crippen MR) is 110 cm³/mol. The molecule has 0 fully saturated rings. The molecule has 2 aromatic carbocycles. The monoisotopic (exact) mass is 398 g/mol. The van der Waals surface area contributed by atoms with Crippen LogP contribution in [0.4, 0.5) is 0 Å². The summed E-state index contributed by atoms with van der Waals surface area (Å²) in [6.07, 6.45) is 2.66. The average molecular weight is 398 g/mol. The molecule has 1 heterocycles. The van der Waals surface area contributed by atoms with Crippen LogP contribution in [-0.4, -0.2) is 42.9 Å². The minimum Gasteiger partial charge on any atom is -0.497 e. The van der Waals surface area contributed by atoms with Gasteiger partial charge in [0.05, 0.1) is 12.9 Å². The van der Waals surface area contributed by atoms with Gasteiger partial charge in [-0.3, -0.25) is 9.59 Å². The van der Waals surface area contributed by atoms with Crippen LogP contribution in [0.1, 0.15) is 5.56 Å². The molecular weight excluding hydrogens is 376 g/mol. The molecule has 0 spiro atoms. The molecule has 0 aliphatic rings. The first kappa shape index (κ1) is 19.8. The van der Waals surface area contributed by atoms with Gasteiger partial charge in [0.2, 0.25) is 0 Å². The third-order valence-corrected chi connectivity index (χ3v) is 5.16. The SMILES string of the molecule is COc1ccc(SCC(=O)OCC(=O)NCCc2c[nH]c3ccccc23)cc1. The Kier molecular flexibility index (Phi) is 6.97. The summed E-state index contributed by atoms with van der Waals surface area (Å²) >= 11 is 1.35. The first-order valence-electron chi connectivity index (χ1n) is 8.90. The number of hydrogen-bond acceptors (Lipinski definition) is 5. The summed E-state index contributed by atoms with van der Waals surface area (Å²) in [5, 5.41) is 3.93. The Bertz CT molecular complexity index is 937. The normalized spacial score (nSPS) is 10.6. The number of fused-ring (bicyclic) bond motifs is 1. The fourth-order valence-corrected chi connectivity index (χ4v) is 3.42. The number of hydrogen-bond donors (Lipinski definition) is 2. The average Bonchev–Trinajstić information content (AvgIpc) is 3.14. The highest BCUT2D eigenvalue weighted by Crippen LogP contribution is 2.21. The number of ether oxygens (including phenoxy) is 2. The van der Waals surface area contributed by atoms with Gasteiger partial charge >= 0.3 is 5.97 Å². The molecule has 3 aromatic rings. The van der Waals surface area contributed by atoms with E-state index < -0.39 is 5.97 Å². The van der Waals surface area contributed by atoms with E-state index in [2.05, 4.69) is 10.3 Å². The van der Waals surface area contributed by atoms with Crippen LogP contribution in [0.5, 0.6) is 5.75 Å². The van der Waals surface area contributed by atoms with Crippen molar-refractivity contribution in [2.24, 2.45) is 0 Å². The van der Waals surface area contributed by atoms with Gasteiger partial charge in [-0.1, -0.05) is 18.2 Å². The van der Waals surface area contributed by atoms with E-state index in [1.165, 1.54) is 11.8 Å². The van der Waals surface area contributed by atoms with Crippen molar-refractivity contribution >= 4 is 34.5 Å². The number of aromatic amines is 1. The zero-order valence-electron chi connectivity index (χ0n) is 15.6. The first-order chi connectivity index (χ1) is 13.7. The summed E-state index contributed by atoms with van der Waals surface area (Å²) < 4.78 is 10.1. The molecule has 7 heteroatoms. The number of esters is 1. The molecule has 6 nitrogen and oxygen atoms in total. The lowest BCUT2D eigenvalue weighted by Crippen LogP contribution is -2.30. The minimum atomic E-state index is -0.424. The maximum absolute atomic E-state index is 11.9. The fourth-order valence-electron chi connectivity index (χ4n) is 2.73. The summed E-state index contributed by atoms with van der Waals surface area (Å²) in [4.78, 5) is 27.8. The first-order valence-corrected chi connectivity index (χ1v) is 9.88. The van der Waals surface area contributed by atoms with Gasteiger partial charge in [-0.2, -0.15) is 0 Å². The molecule has 28 heavy (non-hydrogen) atoms. The van der Waals surface area contributed by atoms with Gasteiger partial charge in [0.1, 0.15) is 5.75 Å². The van der Waals surface area contributed by atoms with Gasteiger partial charge in [0.15, 0.2) is 6.61 Å². The molecule has 0 atom stereocenters. The van der Waals surface area contributed by atoms with Crippen molar-refractivity contribution in [3.63, 3.8) is 0 Å². The predicted octanol–water partition coefficient (Wildman–Crippen LogP) is 3.17. The van der Waals surface area contributed by atoms with E-state index in [0.717, 1.165) is 27.1 Å². The van der Waals surface area contributed by atoms with Crippen LogP contribution < -0.4 is 10.1 Å². The molecule has 3 rings (SSSR count). The Labute approximate surface area is 167 Å². The molecule has 0 bridgehead atoms. The van der Waals surface area contributed by atoms with E-state index in [9.17, 15) is 9.59 Å². The molecule has 0 unspecified atom stereocenters. The lowest BCUT2D eigenvalue weighted by atomic mass is 10.1. The summed E-state index contributed by atoms with van der Waals surface area (Å²) in [6, 6.07) is 15.4. The Morgan fingerprint density at radius 1 is 1.11 bits per heavy atom. The van der Waals surface area contributed by atoms with Gasteiger partial charge in [-0.25, -0.2) is 0 Å². The maximum atomic E-state index is 11.9. The number of benzene rings is 2. The zero-order chi connectivity index (χ0) is 19.8. The van der Waals surface area contributed by atoms with Crippen LogP contribution in [0.3, 0.4) is 0 Å². The van der Waals surface area contributed by atoms with E-state index >= 15 is 0 Å². The molecule has 146 valence electrons. The molecule has 0 saturated heterocycles. The topological polar surface area (TPSA) is 80.4 Å². The van der Waals surface area contributed by atoms with Crippen molar-refractivity contribution in [3.8, 4) is 5.75 Å². The molecule has 2 N–H and O–H groups in total. The number of H-pyrrole nitrogens is 1. The second-order valence-corrected chi connectivity index (χ2v) is 7.13. The smallest absolute Gasteiger partial charge is 0.316 e. The number of methoxy groups -OCH3 is 1. The van der Waals surface area contributed by atoms with Crippen LogP contribution in [0.25, 0.3) is 10.9 Å². The summed E-state index contributed by atoms with van der Waals surface area (Å²) in [5.74, 6) is 0.182. The summed E-state index contributed by atoms with van der Waals surface area (Å²) in [5.41, 5.74) is 2.22. The van der Waals surface area contributed by atoms with E-state index in [0.29, 0.717) is 13.0 Å². The number of carbonyl (C=O) groups excluding carboxylic acids is 2. The van der Waals surface area contributed by atoms with Gasteiger partial charge < -0.3 is 19.8 Å². The minimum absolute atomic E-state index is 0.148. The Balaban J connectivity index is 1.33. The van der Waals surface area contributed by atoms with Crippen molar-refractivity contribution in [1.29, 1.82) is 0 Å². The van der Waals surface area contributed by atoms with Gasteiger partial charge in [-0.05, 0) is 42.3 Å². The Morgan fingerprint density at radius 3 is 2.68 bits per heavy atom. The standard InChI is InChI=1S/C21H22N2O4S/c1-26-16-6-8-17(9-7-16)28-14-21(25)27-13-20(24)22-11-10-15-12-23-19-5-3-2-4-18(15)19/h2-9,12,23H,10-11,13-14H2,1H3,(H,22,24). The largest absolute Gasteiger partial charge is 0.497 e. The number of amides is 1. The molecule has 0 radical (unpaired) electrons. The van der Waals surface area contributed by atoms with Crippen molar-refractivity contribution in [2.45, 2.75) is 11.3 Å². The maximum Gasteiger partial charge on any atom is 0.316 e. The zero-order valence-corrected chi connectivity index (χ0v) is 16.4. The van der Waals surface area contributed by atoms with E-state index in [1.54, 1.807) is 7.11 Å². The van der Waals surface area contributed by atoms with Crippen molar-refractivity contribution < 1.29 is 19.1 Å². The van der Waals surface area contributed by atoms with Crippen LogP contribution in [0, 0.1) is 0 Å². The third-order valence-electron chi connectivity index (χ3n) is 4.17. The molecular formula is C21H22N2O4S. The van der Waals surface area contributed by atoms with E-state index in [1.807, 2.05) is 54.7 Å². The second kappa shape index (κ2) is 9.85. The number of rotatable bonds is 9. The van der Waals surface area contributed by atoms with Crippen molar-refractivity contribution in [2.75, 3.05) is 26.0 Å². The highest BCUT2D eigenvalue weighted by atomic mass is 32.2. The number of thioether (sulfide) groups is 1. The Morgan fingerprint density at radius 2 is 1.89 bits per heavy atom. The fraction of sp³-hybridized carbons (Fsp3) is 0.238. The third kappa shape index (κ3) is 5.53. The van der Waals surface area contributed by atoms with E-state index in [4.69, 9.17) is 9.47 Å². The number of nitrogens with one attached hydrogen (secondary N) is 2. The number of para-hydroxylation sites is 1. The van der Waals surface area contributed by atoms with Gasteiger partial charge in [0, 0.05) is 28.5 Å². The van der Waals surface area contributed by atoms with Crippen molar-refractivity contribution in [3.05, 3.63) is 60.3 Å². The highest BCUT2D eigenvalue weighted by Gasteiger charge is 2.09. The lowest BCUT2D eigenvalue weighted by Gasteiger charge is -2.07. The highest BCUT2D eigenvalue weighted by molar-refractivity contribution is 8.00. The number of carbonyl (C=O) groups is 2. The summed E-state index contributed by atoms with van der Waals surface area (Å²) in [6.45, 7) is 0.217. The molecule has 1 amide bonds. The van der Waals surface area contributed by atoms with Crippen LogP contribution in [0.2, 0.25) is 0 Å². The number of aromatic nitrogens is 1. The quantitative estimate of drug-likeness (QED) is 0.427. The lowest BCUT2D eigenvalue weighted by molar-refractivity contribution is -0.145. The van der Waals surface area contributed by atoms with Crippen LogP contribution in [0.15, 0.2) is 59.6 Å². The van der Waals surface area contributed by atoms with Gasteiger partial charge in [-0.15, -0.1) is 11.8 Å². The molecule has 0 aliphatic heterocycles. The molecule has 1 aromatic heterocycles. The Hall–Kier alpha value is -2.93. The molecule has 0 saturated carbocycles. The summed E-state index contributed by atoms with van der Waals surface area (Å²) in [7, 11) is 1.60. The second-order valence-electron chi connectivity index (χ2n) is 6.08.